The molecule has 0 unspecified atom stereocenters. The molecule has 2 N–H and O–H groups in total. The van der Waals surface area contributed by atoms with Gasteiger partial charge in [0.25, 0.3) is 0 Å². The second kappa shape index (κ2) is 6.98. The number of benzene rings is 2. The highest BCUT2D eigenvalue weighted by molar-refractivity contribution is 7.71. The van der Waals surface area contributed by atoms with Crippen LogP contribution in [0.1, 0.15) is 5.56 Å². The molecule has 0 atom stereocenters. The van der Waals surface area contributed by atoms with Crippen molar-refractivity contribution in [2.24, 2.45) is 0 Å². The molecule has 1 aromatic heterocycles. The molecule has 0 saturated heterocycles. The zero-order chi connectivity index (χ0) is 18.0. The Morgan fingerprint density at radius 3 is 2.24 bits per heavy atom. The molecule has 1 heterocycles. The Kier molecular flexibility index (Phi) is 4.76. The van der Waals surface area contributed by atoms with Crippen molar-refractivity contribution in [1.82, 2.24) is 9.55 Å². The Bertz CT molecular complexity index is 968. The van der Waals surface area contributed by atoms with Gasteiger partial charge >= 0.3 is 0 Å². The van der Waals surface area contributed by atoms with E-state index in [2.05, 4.69) is 4.98 Å². The van der Waals surface area contributed by atoms with Crippen LogP contribution < -0.4 is 19.9 Å². The lowest BCUT2D eigenvalue weighted by atomic mass is 10.2. The first-order valence-electron chi connectivity index (χ1n) is 7.62. The number of hydrogen-bond donors (Lipinski definition) is 1. The van der Waals surface area contributed by atoms with Crippen LogP contribution in [-0.2, 0) is 6.54 Å². The van der Waals surface area contributed by atoms with Gasteiger partial charge < -0.3 is 19.9 Å². The first kappa shape index (κ1) is 17.0. The number of fused-ring (bicyclic) bond motifs is 1. The number of ether oxygens (including phenoxy) is 3. The summed E-state index contributed by atoms with van der Waals surface area (Å²) in [5, 5.41) is 0.764. The summed E-state index contributed by atoms with van der Waals surface area (Å²) in [5.41, 5.74) is 8.09. The summed E-state index contributed by atoms with van der Waals surface area (Å²) in [6.45, 7) is 0.520. The number of nitrogen functional groups attached to an aromatic ring is 1. The number of nitrogens with two attached hydrogens (primary N) is 1. The van der Waals surface area contributed by atoms with E-state index in [-0.39, 0.29) is 0 Å². The van der Waals surface area contributed by atoms with E-state index in [9.17, 15) is 0 Å². The first-order chi connectivity index (χ1) is 12.1. The van der Waals surface area contributed by atoms with Gasteiger partial charge in [0.05, 0.1) is 33.4 Å². The number of methoxy groups -OCH3 is 3. The zero-order valence-corrected chi connectivity index (χ0v) is 15.1. The van der Waals surface area contributed by atoms with Crippen LogP contribution in [-0.4, -0.2) is 30.9 Å². The van der Waals surface area contributed by atoms with E-state index in [1.54, 1.807) is 32.0 Å². The minimum absolute atomic E-state index is 0.410. The average Bonchev–Trinajstić information content (AvgIpc) is 2.64. The van der Waals surface area contributed by atoms with Gasteiger partial charge in [0.1, 0.15) is 11.6 Å². The minimum Gasteiger partial charge on any atom is -0.497 e. The molecule has 0 amide bonds. The van der Waals surface area contributed by atoms with Crippen LogP contribution in [0.15, 0.2) is 36.4 Å². The molecular weight excluding hydrogens is 338 g/mol. The standard InChI is InChI=1S/C18H19N3O3S/c1-22-12-6-4-11(5-7-12)10-21-17(19)13-8-15(23-2)16(24-3)9-14(13)20-18(21)25/h4-9H,10,19H2,1-3H3. The summed E-state index contributed by atoms with van der Waals surface area (Å²) in [4.78, 5) is 4.49. The van der Waals surface area contributed by atoms with Crippen molar-refractivity contribution in [3.05, 3.63) is 46.7 Å². The Hall–Kier alpha value is -2.80. The molecule has 0 bridgehead atoms. The molecule has 25 heavy (non-hydrogen) atoms. The lowest BCUT2D eigenvalue weighted by Crippen LogP contribution is -2.10. The Labute approximate surface area is 150 Å². The van der Waals surface area contributed by atoms with E-state index in [1.165, 1.54) is 0 Å². The monoisotopic (exact) mass is 357 g/mol. The van der Waals surface area contributed by atoms with E-state index >= 15 is 0 Å². The highest BCUT2D eigenvalue weighted by Crippen LogP contribution is 2.33. The fraction of sp³-hybridized carbons (Fsp3) is 0.222. The predicted molar refractivity (Wildman–Crippen MR) is 100 cm³/mol. The molecule has 0 aliphatic carbocycles. The topological polar surface area (TPSA) is 71.5 Å². The van der Waals surface area contributed by atoms with Gasteiger partial charge in [0.15, 0.2) is 11.5 Å². The van der Waals surface area contributed by atoms with Gasteiger partial charge in [-0.15, -0.1) is 0 Å². The molecule has 0 aliphatic heterocycles. The maximum absolute atomic E-state index is 6.37. The molecule has 0 saturated carbocycles. The van der Waals surface area contributed by atoms with E-state index in [1.807, 2.05) is 30.3 Å². The molecule has 0 spiro atoms. The van der Waals surface area contributed by atoms with Gasteiger partial charge in [-0.1, -0.05) is 12.1 Å². The fourth-order valence-electron chi connectivity index (χ4n) is 2.64. The predicted octanol–water partition coefficient (Wildman–Crippen LogP) is 3.42. The van der Waals surface area contributed by atoms with Gasteiger partial charge in [-0.2, -0.15) is 0 Å². The number of hydrogen-bond acceptors (Lipinski definition) is 6. The van der Waals surface area contributed by atoms with E-state index in [0.717, 1.165) is 16.7 Å². The first-order valence-corrected chi connectivity index (χ1v) is 8.03. The molecule has 0 aliphatic rings. The average molecular weight is 357 g/mol. The van der Waals surface area contributed by atoms with Crippen LogP contribution >= 0.6 is 12.2 Å². The minimum atomic E-state index is 0.410. The summed E-state index contributed by atoms with van der Waals surface area (Å²) < 4.78 is 18.1. The molecular formula is C18H19N3O3S. The van der Waals surface area contributed by atoms with Crippen molar-refractivity contribution in [3.63, 3.8) is 0 Å². The third-order valence-corrected chi connectivity index (χ3v) is 4.33. The van der Waals surface area contributed by atoms with E-state index in [4.69, 9.17) is 32.2 Å². The Balaban J connectivity index is 2.10. The van der Waals surface area contributed by atoms with Gasteiger partial charge in [-0.05, 0) is 36.0 Å². The van der Waals surface area contributed by atoms with Gasteiger partial charge in [0, 0.05) is 11.5 Å². The van der Waals surface area contributed by atoms with Gasteiger partial charge in [0.2, 0.25) is 4.77 Å². The molecule has 3 aromatic rings. The second-order valence-corrected chi connectivity index (χ2v) is 5.80. The zero-order valence-electron chi connectivity index (χ0n) is 14.3. The SMILES string of the molecule is COc1ccc(Cn2c(N)c3cc(OC)c(OC)cc3nc2=S)cc1. The van der Waals surface area contributed by atoms with Crippen molar-refractivity contribution in [2.75, 3.05) is 27.1 Å². The van der Waals surface area contributed by atoms with Crippen molar-refractivity contribution in [3.8, 4) is 17.2 Å². The molecule has 7 heteroatoms. The lowest BCUT2D eigenvalue weighted by Gasteiger charge is -2.15. The normalized spacial score (nSPS) is 10.7. The Morgan fingerprint density at radius 1 is 1.00 bits per heavy atom. The molecule has 6 nitrogen and oxygen atoms in total. The van der Waals surface area contributed by atoms with E-state index in [0.29, 0.717) is 34.1 Å². The molecule has 0 fully saturated rings. The van der Waals surface area contributed by atoms with Crippen LogP contribution in [0.2, 0.25) is 0 Å². The van der Waals surface area contributed by atoms with Crippen LogP contribution in [0.3, 0.4) is 0 Å². The summed E-state index contributed by atoms with van der Waals surface area (Å²) in [6.07, 6.45) is 0. The van der Waals surface area contributed by atoms with Crippen LogP contribution in [0.4, 0.5) is 5.82 Å². The third-order valence-electron chi connectivity index (χ3n) is 4.02. The molecule has 0 radical (unpaired) electrons. The third kappa shape index (κ3) is 3.23. The summed E-state index contributed by atoms with van der Waals surface area (Å²) in [5.74, 6) is 2.52. The fourth-order valence-corrected chi connectivity index (χ4v) is 2.91. The molecule has 2 aromatic carbocycles. The summed E-state index contributed by atoms with van der Waals surface area (Å²) in [6, 6.07) is 11.3. The van der Waals surface area contributed by atoms with E-state index < -0.39 is 0 Å². The lowest BCUT2D eigenvalue weighted by molar-refractivity contribution is 0.355. The van der Waals surface area contributed by atoms with Crippen molar-refractivity contribution in [2.45, 2.75) is 6.54 Å². The van der Waals surface area contributed by atoms with Crippen LogP contribution in [0.5, 0.6) is 17.2 Å². The summed E-state index contributed by atoms with van der Waals surface area (Å²) >= 11 is 5.43. The molecule has 3 rings (SSSR count). The maximum Gasteiger partial charge on any atom is 0.201 e. The second-order valence-electron chi connectivity index (χ2n) is 5.44. The number of aromatic nitrogens is 2. The highest BCUT2D eigenvalue weighted by atomic mass is 32.1. The Morgan fingerprint density at radius 2 is 1.64 bits per heavy atom. The number of anilines is 1. The highest BCUT2D eigenvalue weighted by Gasteiger charge is 2.12. The van der Waals surface area contributed by atoms with Crippen LogP contribution in [0, 0.1) is 4.77 Å². The smallest absolute Gasteiger partial charge is 0.201 e. The van der Waals surface area contributed by atoms with Crippen molar-refractivity contribution in [1.29, 1.82) is 0 Å². The summed E-state index contributed by atoms with van der Waals surface area (Å²) in [7, 11) is 4.80. The van der Waals surface area contributed by atoms with Crippen LogP contribution in [0.25, 0.3) is 10.9 Å². The molecule has 130 valence electrons. The van der Waals surface area contributed by atoms with Crippen molar-refractivity contribution >= 4 is 28.9 Å². The maximum atomic E-state index is 6.37. The van der Waals surface area contributed by atoms with Gasteiger partial charge in [-0.25, -0.2) is 4.98 Å². The van der Waals surface area contributed by atoms with Gasteiger partial charge in [-0.3, -0.25) is 4.57 Å². The van der Waals surface area contributed by atoms with Crippen molar-refractivity contribution < 1.29 is 14.2 Å². The largest absolute Gasteiger partial charge is 0.497 e. The number of nitrogens with zero attached hydrogens (tertiary/aromatic N) is 2. The number of rotatable bonds is 5. The quantitative estimate of drug-likeness (QED) is 0.706.